The summed E-state index contributed by atoms with van der Waals surface area (Å²) in [5, 5.41) is 3.91. The smallest absolute Gasteiger partial charge is 0.416 e. The average molecular weight is 491 g/mol. The third-order valence-electron chi connectivity index (χ3n) is 3.30. The second-order valence-corrected chi connectivity index (χ2v) is 7.54. The molecule has 1 aromatic carbocycles. The van der Waals surface area contributed by atoms with Crippen LogP contribution < -0.4 is 15.4 Å². The number of halogens is 6. The number of imide groups is 1. The summed E-state index contributed by atoms with van der Waals surface area (Å²) >= 11 is 0. The topological polar surface area (TPSA) is 131 Å². The van der Waals surface area contributed by atoms with Gasteiger partial charge in [0.2, 0.25) is 10.0 Å². The van der Waals surface area contributed by atoms with E-state index in [4.69, 9.17) is 0 Å². The highest BCUT2D eigenvalue weighted by Gasteiger charge is 2.38. The Bertz CT molecular complexity index is 959. The highest BCUT2D eigenvalue weighted by atomic mass is 32.2. The summed E-state index contributed by atoms with van der Waals surface area (Å²) in [6.07, 6.45) is -9.26. The van der Waals surface area contributed by atoms with Crippen molar-refractivity contribution in [2.24, 2.45) is 0 Å². The molecule has 0 unspecified atom stereocenters. The number of alkyl halides is 6. The predicted octanol–water partition coefficient (Wildman–Crippen LogP) is 1.56. The zero-order chi connectivity index (χ0) is 24.7. The van der Waals surface area contributed by atoms with Crippen molar-refractivity contribution in [1.82, 2.24) is 15.4 Å². The predicted molar refractivity (Wildman–Crippen MR) is 94.3 cm³/mol. The molecule has 178 valence electrons. The van der Waals surface area contributed by atoms with Gasteiger partial charge in [0.1, 0.15) is 6.54 Å². The van der Waals surface area contributed by atoms with Crippen LogP contribution in [0.5, 0.6) is 0 Å². The maximum Gasteiger partial charge on any atom is 0.416 e. The van der Waals surface area contributed by atoms with E-state index in [2.05, 4.69) is 16.6 Å². The lowest BCUT2D eigenvalue weighted by atomic mass is 10.1. The van der Waals surface area contributed by atoms with Gasteiger partial charge in [0.05, 0.1) is 16.0 Å². The minimum Gasteiger partial charge on any atom is -0.455 e. The van der Waals surface area contributed by atoms with Crippen LogP contribution in [0.2, 0.25) is 0 Å². The molecule has 0 fully saturated rings. The summed E-state index contributed by atoms with van der Waals surface area (Å²) in [7, 11) is -5.01. The number of urea groups is 1. The first-order valence-corrected chi connectivity index (χ1v) is 9.68. The van der Waals surface area contributed by atoms with E-state index in [0.717, 1.165) is 0 Å². The summed E-state index contributed by atoms with van der Waals surface area (Å²) in [4.78, 5) is 32.7. The van der Waals surface area contributed by atoms with Crippen LogP contribution in [0.3, 0.4) is 0 Å². The first kappa shape index (κ1) is 26.9. The summed E-state index contributed by atoms with van der Waals surface area (Å²) in [6.45, 7) is 1.07. The Kier molecular flexibility index (Phi) is 8.78. The summed E-state index contributed by atoms with van der Waals surface area (Å²) < 4.78 is 107. The van der Waals surface area contributed by atoms with E-state index in [-0.39, 0.29) is 24.7 Å². The Balaban J connectivity index is 2.83. The number of amides is 3. The molecule has 16 heteroatoms. The Morgan fingerprint density at radius 1 is 1.00 bits per heavy atom. The zero-order valence-electron chi connectivity index (χ0n) is 15.8. The molecule has 0 aliphatic rings. The van der Waals surface area contributed by atoms with E-state index in [1.807, 2.05) is 0 Å². The van der Waals surface area contributed by atoms with Crippen molar-refractivity contribution in [3.05, 3.63) is 42.0 Å². The van der Waals surface area contributed by atoms with Gasteiger partial charge >= 0.3 is 24.4 Å². The second kappa shape index (κ2) is 10.4. The van der Waals surface area contributed by atoms with Crippen LogP contribution in [-0.2, 0) is 36.7 Å². The third-order valence-corrected chi connectivity index (χ3v) is 4.68. The molecule has 0 atom stereocenters. The molecule has 0 radical (unpaired) electrons. The zero-order valence-corrected chi connectivity index (χ0v) is 16.6. The molecule has 0 saturated carbocycles. The van der Waals surface area contributed by atoms with Crippen LogP contribution in [0.25, 0.3) is 0 Å². The lowest BCUT2D eigenvalue weighted by Gasteiger charge is -2.14. The number of ether oxygens (including phenoxy) is 1. The maximum absolute atomic E-state index is 12.8. The van der Waals surface area contributed by atoms with Crippen molar-refractivity contribution >= 4 is 27.9 Å². The molecule has 0 heterocycles. The van der Waals surface area contributed by atoms with Gasteiger partial charge in [-0.2, -0.15) is 31.1 Å². The number of sulfonamides is 1. The lowest BCUT2D eigenvalue weighted by molar-refractivity contribution is -0.147. The molecular weight excluding hydrogens is 476 g/mol. The molecule has 3 N–H and O–H groups in total. The van der Waals surface area contributed by atoms with E-state index >= 15 is 0 Å². The van der Waals surface area contributed by atoms with E-state index < -0.39 is 69.5 Å². The fraction of sp³-hybridized carbons (Fsp3) is 0.312. The minimum atomic E-state index is -5.28. The van der Waals surface area contributed by atoms with Gasteiger partial charge in [0, 0.05) is 6.54 Å². The number of carbonyl (C=O) groups excluding carboxylic acids is 3. The van der Waals surface area contributed by atoms with Gasteiger partial charge in [0.15, 0.2) is 6.61 Å². The molecule has 0 spiro atoms. The van der Waals surface area contributed by atoms with Crippen LogP contribution in [0.1, 0.15) is 11.1 Å². The molecule has 1 aromatic rings. The van der Waals surface area contributed by atoms with Crippen molar-refractivity contribution in [3.63, 3.8) is 0 Å². The molecule has 0 bridgehead atoms. The van der Waals surface area contributed by atoms with Gasteiger partial charge in [-0.05, 0) is 18.2 Å². The minimum absolute atomic E-state index is 0.0201. The fourth-order valence-corrected chi connectivity index (χ4v) is 2.93. The number of hydrogen-bond acceptors (Lipinski definition) is 6. The Hall–Kier alpha value is -3.14. The number of nitrogens with one attached hydrogen (secondary N) is 3. The van der Waals surface area contributed by atoms with E-state index in [9.17, 15) is 49.1 Å². The Morgan fingerprint density at radius 2 is 1.53 bits per heavy atom. The third kappa shape index (κ3) is 8.54. The molecule has 9 nitrogen and oxygen atoms in total. The van der Waals surface area contributed by atoms with E-state index in [0.29, 0.717) is 0 Å². The van der Waals surface area contributed by atoms with Crippen molar-refractivity contribution in [2.75, 3.05) is 19.7 Å². The van der Waals surface area contributed by atoms with Crippen molar-refractivity contribution in [1.29, 1.82) is 0 Å². The van der Waals surface area contributed by atoms with Crippen LogP contribution in [0, 0.1) is 0 Å². The SMILES string of the molecule is C=CCNC(=O)NC(=O)COC(=O)CNS(=O)(=O)c1cc(C(F)(F)F)cc(C(F)(F)F)c1. The number of carbonyl (C=O) groups is 3. The van der Waals surface area contributed by atoms with Gasteiger partial charge in [0.25, 0.3) is 5.91 Å². The number of rotatable bonds is 8. The normalized spacial score (nSPS) is 12.1. The quantitative estimate of drug-likeness (QED) is 0.288. The van der Waals surface area contributed by atoms with E-state index in [1.54, 1.807) is 5.32 Å². The highest BCUT2D eigenvalue weighted by molar-refractivity contribution is 7.89. The van der Waals surface area contributed by atoms with Crippen LogP contribution >= 0.6 is 0 Å². The van der Waals surface area contributed by atoms with Crippen LogP contribution in [0.15, 0.2) is 35.7 Å². The highest BCUT2D eigenvalue weighted by Crippen LogP contribution is 2.37. The standard InChI is InChI=1S/C16H15F6N3O6S/c1-2-3-23-14(28)25-12(26)8-31-13(27)7-24-32(29,30)11-5-9(15(17,18)19)4-10(6-11)16(20,21)22/h2,4-6,24H,1,3,7-8H2,(H2,23,25,26,28). The summed E-state index contributed by atoms with van der Waals surface area (Å²) in [6, 6.07) is -1.30. The lowest BCUT2D eigenvalue weighted by Crippen LogP contribution is -2.42. The number of benzene rings is 1. The van der Waals surface area contributed by atoms with Gasteiger partial charge in [-0.15, -0.1) is 6.58 Å². The summed E-state index contributed by atoms with van der Waals surface area (Å²) in [5.74, 6) is -2.51. The van der Waals surface area contributed by atoms with Gasteiger partial charge in [-0.3, -0.25) is 14.9 Å². The molecular formula is C16H15F6N3O6S. The second-order valence-electron chi connectivity index (χ2n) is 5.77. The van der Waals surface area contributed by atoms with Crippen molar-refractivity contribution in [2.45, 2.75) is 17.2 Å². The Labute approximate surface area is 176 Å². The number of hydrogen-bond donors (Lipinski definition) is 3. The molecule has 0 aliphatic heterocycles. The van der Waals surface area contributed by atoms with Crippen LogP contribution in [-0.4, -0.2) is 46.0 Å². The van der Waals surface area contributed by atoms with Gasteiger partial charge in [-0.1, -0.05) is 6.08 Å². The van der Waals surface area contributed by atoms with Crippen molar-refractivity contribution < 1.29 is 53.9 Å². The molecule has 0 aromatic heterocycles. The molecule has 0 saturated heterocycles. The molecule has 1 rings (SSSR count). The molecule has 3 amide bonds. The first-order chi connectivity index (χ1) is 14.6. The molecule has 32 heavy (non-hydrogen) atoms. The van der Waals surface area contributed by atoms with Gasteiger partial charge < -0.3 is 10.1 Å². The van der Waals surface area contributed by atoms with E-state index in [1.165, 1.54) is 10.8 Å². The fourth-order valence-electron chi connectivity index (χ4n) is 1.89. The van der Waals surface area contributed by atoms with Crippen molar-refractivity contribution in [3.8, 4) is 0 Å². The number of esters is 1. The van der Waals surface area contributed by atoms with Crippen LogP contribution in [0.4, 0.5) is 31.1 Å². The molecule has 0 aliphatic carbocycles. The first-order valence-electron chi connectivity index (χ1n) is 8.19. The Morgan fingerprint density at radius 3 is 2.00 bits per heavy atom. The summed E-state index contributed by atoms with van der Waals surface area (Å²) in [5.41, 5.74) is -3.75. The van der Waals surface area contributed by atoms with Gasteiger partial charge in [-0.25, -0.2) is 13.2 Å². The average Bonchev–Trinajstić information content (AvgIpc) is 2.67. The largest absolute Gasteiger partial charge is 0.455 e. The maximum atomic E-state index is 12.8. The monoisotopic (exact) mass is 491 g/mol.